The highest BCUT2D eigenvalue weighted by atomic mass is 16.1. The lowest BCUT2D eigenvalue weighted by Crippen LogP contribution is -2.58. The zero-order valence-electron chi connectivity index (χ0n) is 15.3. The van der Waals surface area contributed by atoms with E-state index in [1.165, 1.54) is 0 Å². The highest BCUT2D eigenvalue weighted by Gasteiger charge is 2.65. The Balaban J connectivity index is 1.73. The summed E-state index contributed by atoms with van der Waals surface area (Å²) in [5.41, 5.74) is -0.852. The number of hydrogen-bond donors (Lipinski definition) is 0. The summed E-state index contributed by atoms with van der Waals surface area (Å²) in [7, 11) is 0. The van der Waals surface area contributed by atoms with Crippen molar-refractivity contribution in [1.29, 1.82) is 0 Å². The van der Waals surface area contributed by atoms with Gasteiger partial charge >= 0.3 is 0 Å². The molecule has 0 N–H and O–H groups in total. The van der Waals surface area contributed by atoms with E-state index in [2.05, 4.69) is 6.92 Å². The Labute approximate surface area is 149 Å². The Hall–Kier alpha value is -1.32. The van der Waals surface area contributed by atoms with Crippen LogP contribution in [0.5, 0.6) is 0 Å². The summed E-state index contributed by atoms with van der Waals surface area (Å²) in [4.78, 5) is 49.5. The summed E-state index contributed by atoms with van der Waals surface area (Å²) in [6.45, 7) is 3.78. The number of ketones is 3. The van der Waals surface area contributed by atoms with Crippen LogP contribution in [-0.4, -0.2) is 23.6 Å². The lowest BCUT2D eigenvalue weighted by molar-refractivity contribution is -0.164. The highest BCUT2D eigenvalue weighted by molar-refractivity contribution is 5.92. The number of rotatable bonds is 2. The molecule has 0 aliphatic heterocycles. The number of fused-ring (bicyclic) bond motifs is 5. The number of hydrogen-bond acceptors (Lipinski definition) is 4. The molecule has 4 nitrogen and oxygen atoms in total. The normalized spacial score (nSPS) is 49.1. The van der Waals surface area contributed by atoms with E-state index in [4.69, 9.17) is 0 Å². The van der Waals surface area contributed by atoms with Gasteiger partial charge in [0.1, 0.15) is 23.6 Å². The lowest BCUT2D eigenvalue weighted by atomic mass is 9.44. The van der Waals surface area contributed by atoms with Gasteiger partial charge in [-0.1, -0.05) is 6.92 Å². The van der Waals surface area contributed by atoms with Crippen LogP contribution in [0.25, 0.3) is 0 Å². The van der Waals surface area contributed by atoms with Gasteiger partial charge in [-0.05, 0) is 62.2 Å². The second kappa shape index (κ2) is 5.59. The molecule has 4 rings (SSSR count). The van der Waals surface area contributed by atoms with Gasteiger partial charge in [-0.25, -0.2) is 0 Å². The molecule has 0 saturated heterocycles. The predicted molar refractivity (Wildman–Crippen MR) is 91.7 cm³/mol. The molecule has 0 spiro atoms. The van der Waals surface area contributed by atoms with E-state index in [-0.39, 0.29) is 47.1 Å². The number of carbonyl (C=O) groups is 4. The van der Waals surface area contributed by atoms with Gasteiger partial charge in [0.2, 0.25) is 0 Å². The summed E-state index contributed by atoms with van der Waals surface area (Å²) in [5, 5.41) is 0. The maximum absolute atomic E-state index is 13.3. The minimum absolute atomic E-state index is 0.0249. The van der Waals surface area contributed by atoms with Gasteiger partial charge in [0.25, 0.3) is 0 Å². The van der Waals surface area contributed by atoms with Crippen LogP contribution in [0.4, 0.5) is 0 Å². The van der Waals surface area contributed by atoms with Crippen LogP contribution in [0.1, 0.15) is 65.2 Å². The van der Waals surface area contributed by atoms with Crippen LogP contribution in [-0.2, 0) is 19.2 Å². The minimum atomic E-state index is -0.752. The highest BCUT2D eigenvalue weighted by Crippen LogP contribution is 2.65. The Morgan fingerprint density at radius 2 is 1.92 bits per heavy atom. The molecule has 0 aromatic heterocycles. The first-order chi connectivity index (χ1) is 11.8. The molecule has 0 aromatic rings. The summed E-state index contributed by atoms with van der Waals surface area (Å²) in [6, 6.07) is 0. The molecule has 0 bridgehead atoms. The van der Waals surface area contributed by atoms with Crippen molar-refractivity contribution in [3.63, 3.8) is 0 Å². The van der Waals surface area contributed by atoms with Crippen LogP contribution in [0.3, 0.4) is 0 Å². The lowest BCUT2D eigenvalue weighted by Gasteiger charge is -2.58. The van der Waals surface area contributed by atoms with E-state index in [9.17, 15) is 19.2 Å². The summed E-state index contributed by atoms with van der Waals surface area (Å²) in [5.74, 6) is 0.965. The quantitative estimate of drug-likeness (QED) is 0.722. The van der Waals surface area contributed by atoms with Gasteiger partial charge in [0.15, 0.2) is 0 Å². The van der Waals surface area contributed by atoms with E-state index < -0.39 is 5.41 Å². The molecule has 136 valence electrons. The zero-order chi connectivity index (χ0) is 18.0. The summed E-state index contributed by atoms with van der Waals surface area (Å²) in [6.07, 6.45) is 6.75. The van der Waals surface area contributed by atoms with Crippen molar-refractivity contribution in [1.82, 2.24) is 0 Å². The Kier molecular flexibility index (Phi) is 3.82. The molecular weight excluding hydrogens is 316 g/mol. The summed E-state index contributed by atoms with van der Waals surface area (Å²) >= 11 is 0. The zero-order valence-corrected chi connectivity index (χ0v) is 15.3. The Morgan fingerprint density at radius 3 is 2.60 bits per heavy atom. The topological polar surface area (TPSA) is 68.3 Å². The maximum atomic E-state index is 13.3. The largest absolute Gasteiger partial charge is 0.303 e. The van der Waals surface area contributed by atoms with Crippen LogP contribution in [0.15, 0.2) is 0 Å². The molecule has 4 fully saturated rings. The summed E-state index contributed by atoms with van der Waals surface area (Å²) < 4.78 is 0. The van der Waals surface area contributed by atoms with E-state index in [1.54, 1.807) is 6.92 Å². The second-order valence-corrected chi connectivity index (χ2v) is 9.38. The average molecular weight is 344 g/mol. The first-order valence-electron chi connectivity index (χ1n) is 9.84. The molecule has 0 heterocycles. The van der Waals surface area contributed by atoms with Crippen LogP contribution in [0.2, 0.25) is 0 Å². The van der Waals surface area contributed by atoms with Crippen molar-refractivity contribution in [3.8, 4) is 0 Å². The third-order valence-corrected chi connectivity index (χ3v) is 8.50. The molecule has 0 aromatic carbocycles. The van der Waals surface area contributed by atoms with Gasteiger partial charge < -0.3 is 4.79 Å². The monoisotopic (exact) mass is 344 g/mol. The van der Waals surface area contributed by atoms with Crippen molar-refractivity contribution in [2.24, 2.45) is 40.4 Å². The van der Waals surface area contributed by atoms with E-state index >= 15 is 0 Å². The fourth-order valence-electron chi connectivity index (χ4n) is 7.37. The molecule has 7 atom stereocenters. The van der Waals surface area contributed by atoms with Crippen molar-refractivity contribution >= 4 is 23.6 Å². The van der Waals surface area contributed by atoms with E-state index in [0.717, 1.165) is 38.4 Å². The van der Waals surface area contributed by atoms with Gasteiger partial charge in [-0.3, -0.25) is 14.4 Å². The first kappa shape index (κ1) is 17.1. The van der Waals surface area contributed by atoms with Crippen LogP contribution in [0, 0.1) is 40.4 Å². The van der Waals surface area contributed by atoms with E-state index in [1.807, 2.05) is 0 Å². The number of aldehydes is 1. The smallest absolute Gasteiger partial charge is 0.137 e. The molecular formula is C21H28O4. The van der Waals surface area contributed by atoms with Crippen LogP contribution >= 0.6 is 0 Å². The number of carbonyl (C=O) groups excluding carboxylic acids is 4. The average Bonchev–Trinajstić information content (AvgIpc) is 2.95. The molecule has 4 heteroatoms. The van der Waals surface area contributed by atoms with Gasteiger partial charge in [0.05, 0.1) is 0 Å². The predicted octanol–water partition coefficient (Wildman–Crippen LogP) is 3.16. The van der Waals surface area contributed by atoms with Gasteiger partial charge in [-0.2, -0.15) is 0 Å². The van der Waals surface area contributed by atoms with Gasteiger partial charge in [0, 0.05) is 36.5 Å². The molecule has 0 radical (unpaired) electrons. The Bertz CT molecular complexity index is 652. The van der Waals surface area contributed by atoms with Crippen molar-refractivity contribution < 1.29 is 19.2 Å². The standard InChI is InChI=1S/C21H28O4/c1-12(23)16-5-6-17-15-4-3-13-9-14(24)7-8-20(13,2)19(15)18(25)10-21(16,17)11-22/h11,13,15-17,19H,3-10H2,1-2H3/t13-,15+,16-,17+,19-,20+,21+/m1/s1. The van der Waals surface area contributed by atoms with Crippen molar-refractivity contribution in [3.05, 3.63) is 0 Å². The Morgan fingerprint density at radius 1 is 1.16 bits per heavy atom. The molecule has 4 saturated carbocycles. The number of Topliss-reactive ketones (excluding diaryl/α,β-unsaturated/α-hetero) is 3. The third-order valence-electron chi connectivity index (χ3n) is 8.50. The van der Waals surface area contributed by atoms with Crippen molar-refractivity contribution in [2.75, 3.05) is 0 Å². The van der Waals surface area contributed by atoms with Gasteiger partial charge in [-0.15, -0.1) is 0 Å². The maximum Gasteiger partial charge on any atom is 0.137 e. The molecule has 4 aliphatic carbocycles. The fourth-order valence-corrected chi connectivity index (χ4v) is 7.37. The van der Waals surface area contributed by atoms with E-state index in [0.29, 0.717) is 24.5 Å². The molecule has 0 amide bonds. The minimum Gasteiger partial charge on any atom is -0.303 e. The first-order valence-corrected chi connectivity index (χ1v) is 9.84. The molecule has 0 unspecified atom stereocenters. The third kappa shape index (κ3) is 2.18. The van der Waals surface area contributed by atoms with Crippen molar-refractivity contribution in [2.45, 2.75) is 65.2 Å². The molecule has 4 aliphatic rings. The SMILES string of the molecule is CC(=O)[C@H]1CC[C@H]2[C@@H]3CC[C@@H]4CC(=O)CC[C@]4(C)[C@H]3C(=O)C[C@]12C=O. The second-order valence-electron chi connectivity index (χ2n) is 9.38. The van der Waals surface area contributed by atoms with Crippen LogP contribution < -0.4 is 0 Å². The molecule has 25 heavy (non-hydrogen) atoms. The fraction of sp³-hybridized carbons (Fsp3) is 0.810.